The van der Waals surface area contributed by atoms with E-state index in [0.717, 1.165) is 13.2 Å². The zero-order valence-corrected chi connectivity index (χ0v) is 7.31. The fraction of sp³-hybridized carbons (Fsp3) is 1.00. The van der Waals surface area contributed by atoms with E-state index in [-0.39, 0.29) is 0 Å². The predicted molar refractivity (Wildman–Crippen MR) is 47.5 cm³/mol. The third-order valence-corrected chi connectivity index (χ3v) is 3.18. The van der Waals surface area contributed by atoms with Gasteiger partial charge in [0.15, 0.2) is 0 Å². The second-order valence-corrected chi connectivity index (χ2v) is 3.93. The predicted octanol–water partition coefficient (Wildman–Crippen LogP) is -0.311. The van der Waals surface area contributed by atoms with Crippen LogP contribution in [0.1, 0.15) is 12.8 Å². The van der Waals surface area contributed by atoms with Gasteiger partial charge in [0, 0.05) is 5.41 Å². The van der Waals surface area contributed by atoms with Crippen molar-refractivity contribution >= 4 is 7.85 Å². The summed E-state index contributed by atoms with van der Waals surface area (Å²) in [5.74, 6) is 0. The van der Waals surface area contributed by atoms with Gasteiger partial charge in [-0.05, 0) is 32.4 Å². The van der Waals surface area contributed by atoms with Gasteiger partial charge in [0.25, 0.3) is 0 Å². The first-order valence-corrected chi connectivity index (χ1v) is 4.65. The van der Waals surface area contributed by atoms with Gasteiger partial charge in [0.2, 0.25) is 0 Å². The molecule has 2 aliphatic heterocycles. The molecule has 0 atom stereocenters. The van der Waals surface area contributed by atoms with Gasteiger partial charge in [-0.3, -0.25) is 0 Å². The van der Waals surface area contributed by atoms with Gasteiger partial charge >= 0.3 is 0 Å². The Morgan fingerprint density at radius 1 is 1.27 bits per heavy atom. The molecule has 1 spiro atoms. The van der Waals surface area contributed by atoms with Crippen LogP contribution >= 0.6 is 0 Å². The Hall–Kier alpha value is -0.0151. The van der Waals surface area contributed by atoms with E-state index in [1.807, 2.05) is 0 Å². The van der Waals surface area contributed by atoms with E-state index < -0.39 is 0 Å². The molecular formula is C8H16BNO. The van der Waals surface area contributed by atoms with Crippen molar-refractivity contribution < 1.29 is 4.74 Å². The van der Waals surface area contributed by atoms with Crippen LogP contribution in [-0.2, 0) is 4.74 Å². The quantitative estimate of drug-likeness (QED) is 0.479. The second-order valence-electron chi connectivity index (χ2n) is 3.93. The Morgan fingerprint density at radius 3 is 2.27 bits per heavy atom. The lowest BCUT2D eigenvalue weighted by Crippen LogP contribution is -2.50. The second kappa shape index (κ2) is 2.79. The minimum atomic E-state index is 0.617. The molecule has 2 heterocycles. The lowest BCUT2D eigenvalue weighted by molar-refractivity contribution is -0.138. The van der Waals surface area contributed by atoms with Crippen LogP contribution in [0.2, 0.25) is 0 Å². The summed E-state index contributed by atoms with van der Waals surface area (Å²) >= 11 is 0. The van der Waals surface area contributed by atoms with Crippen LogP contribution in [0.15, 0.2) is 0 Å². The molecule has 0 aromatic carbocycles. The maximum Gasteiger partial charge on any atom is 0.119 e. The highest BCUT2D eigenvalue weighted by molar-refractivity contribution is 6.08. The Bertz CT molecular complexity index is 137. The van der Waals surface area contributed by atoms with E-state index in [0.29, 0.717) is 5.41 Å². The van der Waals surface area contributed by atoms with Gasteiger partial charge in [-0.2, -0.15) is 0 Å². The van der Waals surface area contributed by atoms with Crippen LogP contribution in [0.5, 0.6) is 0 Å². The summed E-state index contributed by atoms with van der Waals surface area (Å²) in [6.45, 7) is 4.65. The van der Waals surface area contributed by atoms with Crippen LogP contribution < -0.4 is 0 Å². The molecular weight excluding hydrogens is 137 g/mol. The molecule has 3 heteroatoms. The topological polar surface area (TPSA) is 12.5 Å². The van der Waals surface area contributed by atoms with Gasteiger partial charge < -0.3 is 9.64 Å². The molecule has 2 saturated heterocycles. The molecule has 11 heavy (non-hydrogen) atoms. The highest BCUT2D eigenvalue weighted by atomic mass is 16.5. The number of piperidine rings is 1. The van der Waals surface area contributed by atoms with Crippen LogP contribution in [0.3, 0.4) is 0 Å². The summed E-state index contributed by atoms with van der Waals surface area (Å²) in [5.41, 5.74) is 0.617. The van der Waals surface area contributed by atoms with Crippen LogP contribution in [0.25, 0.3) is 0 Å². The normalized spacial score (nSPS) is 30.2. The first-order chi connectivity index (χ1) is 5.35. The van der Waals surface area contributed by atoms with E-state index >= 15 is 0 Å². The molecule has 0 saturated carbocycles. The lowest BCUT2D eigenvalue weighted by atomic mass is 9.76. The summed E-state index contributed by atoms with van der Waals surface area (Å²) in [7, 11) is 2.25. The molecule has 2 aliphatic rings. The third-order valence-electron chi connectivity index (χ3n) is 3.18. The molecule has 2 nitrogen and oxygen atoms in total. The summed E-state index contributed by atoms with van der Waals surface area (Å²) in [6, 6.07) is 0. The highest BCUT2D eigenvalue weighted by Gasteiger charge is 2.40. The Balaban J connectivity index is 1.84. The number of hydrogen-bond acceptors (Lipinski definition) is 2. The standard InChI is InChI=1S/C8H16BNO/c9-7-10-3-1-8(2-4-10)5-11-6-8/h1-7,9H2. The van der Waals surface area contributed by atoms with Crippen molar-refractivity contribution in [2.75, 3.05) is 32.7 Å². The fourth-order valence-electron chi connectivity index (χ4n) is 2.02. The summed E-state index contributed by atoms with van der Waals surface area (Å²) in [4.78, 5) is 2.53. The molecule has 0 unspecified atom stereocenters. The van der Waals surface area contributed by atoms with E-state index in [9.17, 15) is 0 Å². The summed E-state index contributed by atoms with van der Waals surface area (Å²) in [5, 5.41) is 0. The molecule has 0 N–H and O–H groups in total. The van der Waals surface area contributed by atoms with Gasteiger partial charge in [-0.25, -0.2) is 0 Å². The zero-order valence-electron chi connectivity index (χ0n) is 7.31. The van der Waals surface area contributed by atoms with Crippen molar-refractivity contribution in [1.29, 1.82) is 0 Å². The largest absolute Gasteiger partial charge is 0.380 e. The van der Waals surface area contributed by atoms with Crippen molar-refractivity contribution in [3.05, 3.63) is 0 Å². The molecule has 62 valence electrons. The SMILES string of the molecule is BCN1CCC2(CC1)COC2. The summed E-state index contributed by atoms with van der Waals surface area (Å²) < 4.78 is 5.27. The average molecular weight is 153 g/mol. The van der Waals surface area contributed by atoms with E-state index in [1.54, 1.807) is 0 Å². The van der Waals surface area contributed by atoms with E-state index in [4.69, 9.17) is 4.74 Å². The molecule has 2 rings (SSSR count). The Kier molecular flexibility index (Phi) is 1.94. The lowest BCUT2D eigenvalue weighted by Gasteiger charge is -2.47. The van der Waals surface area contributed by atoms with Crippen molar-refractivity contribution in [1.82, 2.24) is 4.90 Å². The fourth-order valence-corrected chi connectivity index (χ4v) is 2.02. The molecule has 2 fully saturated rings. The number of likely N-dealkylation sites (tertiary alicyclic amines) is 1. The maximum absolute atomic E-state index is 5.27. The molecule has 0 bridgehead atoms. The monoisotopic (exact) mass is 153 g/mol. The van der Waals surface area contributed by atoms with Crippen LogP contribution in [0.4, 0.5) is 0 Å². The van der Waals surface area contributed by atoms with Crippen LogP contribution in [0, 0.1) is 5.41 Å². The summed E-state index contributed by atoms with van der Waals surface area (Å²) in [6.07, 6.45) is 3.94. The Morgan fingerprint density at radius 2 is 1.91 bits per heavy atom. The number of rotatable bonds is 1. The van der Waals surface area contributed by atoms with Gasteiger partial charge in [-0.1, -0.05) is 0 Å². The highest BCUT2D eigenvalue weighted by Crippen LogP contribution is 2.37. The Labute approximate surface area is 69.3 Å². The van der Waals surface area contributed by atoms with Gasteiger partial charge in [0.1, 0.15) is 7.85 Å². The van der Waals surface area contributed by atoms with Crippen molar-refractivity contribution in [3.63, 3.8) is 0 Å². The first-order valence-electron chi connectivity index (χ1n) is 4.65. The minimum Gasteiger partial charge on any atom is -0.380 e. The molecule has 0 aromatic rings. The van der Waals surface area contributed by atoms with Crippen LogP contribution in [-0.4, -0.2) is 45.5 Å². The molecule has 0 amide bonds. The number of ether oxygens (including phenoxy) is 1. The third kappa shape index (κ3) is 1.32. The number of hydrogen-bond donors (Lipinski definition) is 0. The number of nitrogens with zero attached hydrogens (tertiary/aromatic N) is 1. The van der Waals surface area contributed by atoms with Gasteiger partial charge in [0.05, 0.1) is 13.2 Å². The van der Waals surface area contributed by atoms with Crippen molar-refractivity contribution in [2.24, 2.45) is 5.41 Å². The molecule has 0 radical (unpaired) electrons. The average Bonchev–Trinajstić information content (AvgIpc) is 2.02. The molecule has 0 aliphatic carbocycles. The van der Waals surface area contributed by atoms with Gasteiger partial charge in [-0.15, -0.1) is 0 Å². The first kappa shape index (κ1) is 7.62. The smallest absolute Gasteiger partial charge is 0.119 e. The minimum absolute atomic E-state index is 0.617. The molecule has 0 aromatic heterocycles. The maximum atomic E-state index is 5.27. The van der Waals surface area contributed by atoms with Crippen molar-refractivity contribution in [3.8, 4) is 0 Å². The zero-order chi connectivity index (χ0) is 7.73. The van der Waals surface area contributed by atoms with E-state index in [2.05, 4.69) is 12.7 Å². The van der Waals surface area contributed by atoms with E-state index in [1.165, 1.54) is 32.4 Å². The van der Waals surface area contributed by atoms with Crippen molar-refractivity contribution in [2.45, 2.75) is 12.8 Å².